The lowest BCUT2D eigenvalue weighted by atomic mass is 10.1. The number of anilines is 1. The van der Waals surface area contributed by atoms with Gasteiger partial charge in [0.05, 0.1) is 5.69 Å². The fraction of sp³-hybridized carbons (Fsp3) is 0.235. The summed E-state index contributed by atoms with van der Waals surface area (Å²) in [5.41, 5.74) is 1.98. The monoisotopic (exact) mass is 291 g/mol. The van der Waals surface area contributed by atoms with E-state index in [0.717, 1.165) is 48.8 Å². The smallest absolute Gasteiger partial charge is 0.225 e. The molecule has 110 valence electrons. The zero-order chi connectivity index (χ0) is 14.8. The maximum atomic E-state index is 4.76. The molecule has 0 bridgehead atoms. The third-order valence-corrected chi connectivity index (χ3v) is 3.99. The number of pyridine rings is 1. The van der Waals surface area contributed by atoms with Gasteiger partial charge in [-0.1, -0.05) is 24.3 Å². The minimum Gasteiger partial charge on any atom is -0.338 e. The molecule has 0 saturated carbocycles. The average molecular weight is 291 g/mol. The summed E-state index contributed by atoms with van der Waals surface area (Å²) < 4.78 is 0. The Bertz CT molecular complexity index is 790. The van der Waals surface area contributed by atoms with Gasteiger partial charge in [-0.05, 0) is 11.5 Å². The molecule has 1 N–H and O–H groups in total. The van der Waals surface area contributed by atoms with Gasteiger partial charge in [0.15, 0.2) is 0 Å². The number of fused-ring (bicyclic) bond motifs is 1. The summed E-state index contributed by atoms with van der Waals surface area (Å²) in [7, 11) is 0. The number of hydrogen-bond donors (Lipinski definition) is 1. The molecule has 1 aromatic carbocycles. The highest BCUT2D eigenvalue weighted by molar-refractivity contribution is 5.94. The second kappa shape index (κ2) is 5.69. The molecule has 0 unspecified atom stereocenters. The van der Waals surface area contributed by atoms with Gasteiger partial charge in [0.2, 0.25) is 5.95 Å². The summed E-state index contributed by atoms with van der Waals surface area (Å²) in [6.07, 6.45) is 5.60. The van der Waals surface area contributed by atoms with Crippen molar-refractivity contribution in [3.05, 3.63) is 48.9 Å². The first-order valence-electron chi connectivity index (χ1n) is 7.54. The minimum absolute atomic E-state index is 0.798. The lowest BCUT2D eigenvalue weighted by molar-refractivity contribution is 0.580. The van der Waals surface area contributed by atoms with Gasteiger partial charge in [-0.2, -0.15) is 0 Å². The van der Waals surface area contributed by atoms with E-state index < -0.39 is 0 Å². The van der Waals surface area contributed by atoms with Gasteiger partial charge in [0.1, 0.15) is 0 Å². The van der Waals surface area contributed by atoms with Crippen molar-refractivity contribution in [2.45, 2.75) is 0 Å². The fourth-order valence-corrected chi connectivity index (χ4v) is 2.84. The molecule has 0 atom stereocenters. The number of benzene rings is 1. The summed E-state index contributed by atoms with van der Waals surface area (Å²) in [5.74, 6) is 0.798. The van der Waals surface area contributed by atoms with Crippen LogP contribution in [0.3, 0.4) is 0 Å². The van der Waals surface area contributed by atoms with Gasteiger partial charge >= 0.3 is 0 Å². The van der Waals surface area contributed by atoms with Crippen LogP contribution < -0.4 is 10.2 Å². The van der Waals surface area contributed by atoms with Crippen molar-refractivity contribution in [2.24, 2.45) is 0 Å². The summed E-state index contributed by atoms with van der Waals surface area (Å²) in [5, 5.41) is 5.64. The summed E-state index contributed by atoms with van der Waals surface area (Å²) >= 11 is 0. The number of nitrogens with one attached hydrogen (secondary N) is 1. The number of rotatable bonds is 2. The quantitative estimate of drug-likeness (QED) is 0.783. The largest absolute Gasteiger partial charge is 0.338 e. The molecule has 5 heteroatoms. The van der Waals surface area contributed by atoms with Gasteiger partial charge in [0.25, 0.3) is 0 Å². The van der Waals surface area contributed by atoms with Crippen molar-refractivity contribution in [2.75, 3.05) is 31.1 Å². The summed E-state index contributed by atoms with van der Waals surface area (Å²) in [6.45, 7) is 3.83. The second-order valence-electron chi connectivity index (χ2n) is 5.39. The van der Waals surface area contributed by atoms with Gasteiger partial charge in [-0.3, -0.25) is 4.98 Å². The predicted molar refractivity (Wildman–Crippen MR) is 87.9 cm³/mol. The molecule has 4 rings (SSSR count). The Morgan fingerprint density at radius 1 is 1.00 bits per heavy atom. The van der Waals surface area contributed by atoms with E-state index in [4.69, 9.17) is 4.98 Å². The molecule has 1 aliphatic rings. The summed E-state index contributed by atoms with van der Waals surface area (Å²) in [6, 6.07) is 10.2. The molecule has 1 aliphatic heterocycles. The highest BCUT2D eigenvalue weighted by Gasteiger charge is 2.14. The van der Waals surface area contributed by atoms with Crippen LogP contribution in [0.15, 0.2) is 48.9 Å². The van der Waals surface area contributed by atoms with Gasteiger partial charge in [0, 0.05) is 55.7 Å². The first-order chi connectivity index (χ1) is 10.9. The molecular weight excluding hydrogens is 274 g/mol. The van der Waals surface area contributed by atoms with Crippen LogP contribution in [0.5, 0.6) is 0 Å². The van der Waals surface area contributed by atoms with Crippen LogP contribution in [-0.4, -0.2) is 41.1 Å². The van der Waals surface area contributed by atoms with Crippen LogP contribution in [-0.2, 0) is 0 Å². The van der Waals surface area contributed by atoms with Crippen LogP contribution in [0.2, 0.25) is 0 Å². The highest BCUT2D eigenvalue weighted by atomic mass is 15.3. The average Bonchev–Trinajstić information content (AvgIpc) is 2.62. The molecule has 0 aliphatic carbocycles. The molecule has 3 heterocycles. The van der Waals surface area contributed by atoms with E-state index in [1.165, 1.54) is 5.39 Å². The van der Waals surface area contributed by atoms with Crippen molar-refractivity contribution >= 4 is 16.7 Å². The zero-order valence-corrected chi connectivity index (χ0v) is 12.2. The lowest BCUT2D eigenvalue weighted by Crippen LogP contribution is -2.44. The van der Waals surface area contributed by atoms with Gasteiger partial charge in [-0.15, -0.1) is 0 Å². The van der Waals surface area contributed by atoms with Crippen molar-refractivity contribution in [3.8, 4) is 11.3 Å². The Labute approximate surface area is 129 Å². The SMILES string of the molecule is c1ccc2c(-c3ccnc(N4CCNCC4)n3)cncc2c1. The van der Waals surface area contributed by atoms with Crippen LogP contribution >= 0.6 is 0 Å². The maximum Gasteiger partial charge on any atom is 0.225 e. The first-order valence-corrected chi connectivity index (χ1v) is 7.54. The van der Waals surface area contributed by atoms with Crippen LogP contribution in [0.1, 0.15) is 0 Å². The van der Waals surface area contributed by atoms with Crippen molar-refractivity contribution in [3.63, 3.8) is 0 Å². The molecule has 0 amide bonds. The number of nitrogens with zero attached hydrogens (tertiary/aromatic N) is 4. The van der Waals surface area contributed by atoms with E-state index in [0.29, 0.717) is 0 Å². The molecule has 0 spiro atoms. The standard InChI is InChI=1S/C17H17N5/c1-2-4-14-13(3-1)11-19-12-15(14)16-5-6-20-17(21-16)22-9-7-18-8-10-22/h1-6,11-12,18H,7-10H2. The van der Waals surface area contributed by atoms with Crippen LogP contribution in [0.4, 0.5) is 5.95 Å². The Morgan fingerprint density at radius 2 is 1.86 bits per heavy atom. The molecule has 0 radical (unpaired) electrons. The highest BCUT2D eigenvalue weighted by Crippen LogP contribution is 2.26. The van der Waals surface area contributed by atoms with E-state index in [-0.39, 0.29) is 0 Å². The van der Waals surface area contributed by atoms with Crippen LogP contribution in [0, 0.1) is 0 Å². The molecule has 5 nitrogen and oxygen atoms in total. The third kappa shape index (κ3) is 2.40. The first kappa shape index (κ1) is 13.2. The van der Waals surface area contributed by atoms with E-state index in [1.807, 2.05) is 36.8 Å². The van der Waals surface area contributed by atoms with E-state index in [2.05, 4.69) is 32.3 Å². The van der Waals surface area contributed by atoms with Crippen molar-refractivity contribution in [1.82, 2.24) is 20.3 Å². The van der Waals surface area contributed by atoms with E-state index in [9.17, 15) is 0 Å². The second-order valence-corrected chi connectivity index (χ2v) is 5.39. The Morgan fingerprint density at radius 3 is 2.77 bits per heavy atom. The number of piperazine rings is 1. The topological polar surface area (TPSA) is 53.9 Å². The van der Waals surface area contributed by atoms with E-state index >= 15 is 0 Å². The molecule has 1 saturated heterocycles. The fourth-order valence-electron chi connectivity index (χ4n) is 2.84. The van der Waals surface area contributed by atoms with Gasteiger partial charge in [-0.25, -0.2) is 9.97 Å². The third-order valence-electron chi connectivity index (χ3n) is 3.99. The van der Waals surface area contributed by atoms with Crippen molar-refractivity contribution < 1.29 is 0 Å². The number of hydrogen-bond acceptors (Lipinski definition) is 5. The molecular formula is C17H17N5. The maximum absolute atomic E-state index is 4.76. The Hall–Kier alpha value is -2.53. The normalized spacial score (nSPS) is 15.2. The minimum atomic E-state index is 0.798. The molecule has 2 aromatic heterocycles. The molecule has 22 heavy (non-hydrogen) atoms. The Balaban J connectivity index is 1.78. The molecule has 1 fully saturated rings. The Kier molecular flexibility index (Phi) is 3.40. The number of aromatic nitrogens is 3. The van der Waals surface area contributed by atoms with Crippen LogP contribution in [0.25, 0.3) is 22.0 Å². The molecule has 3 aromatic rings. The zero-order valence-electron chi connectivity index (χ0n) is 12.2. The van der Waals surface area contributed by atoms with Gasteiger partial charge < -0.3 is 10.2 Å². The predicted octanol–water partition coefficient (Wildman–Crippen LogP) is 2.10. The van der Waals surface area contributed by atoms with Crippen molar-refractivity contribution in [1.29, 1.82) is 0 Å². The lowest BCUT2D eigenvalue weighted by Gasteiger charge is -2.27. The van der Waals surface area contributed by atoms with E-state index in [1.54, 1.807) is 0 Å². The summed E-state index contributed by atoms with van der Waals surface area (Å²) in [4.78, 5) is 15.8.